The zero-order chi connectivity index (χ0) is 85.0. The fraction of sp³-hybridized carbons (Fsp3) is 0. The van der Waals surface area contributed by atoms with E-state index in [2.05, 4.69) is 437 Å². The minimum atomic E-state index is 0.916. The van der Waals surface area contributed by atoms with Gasteiger partial charge >= 0.3 is 0 Å². The van der Waals surface area contributed by atoms with Crippen molar-refractivity contribution in [3.63, 3.8) is 0 Å². The van der Waals surface area contributed by atoms with Crippen LogP contribution >= 0.6 is 0 Å². The first-order chi connectivity index (χ1) is 64.0. The monoisotopic (exact) mass is 1640 g/mol. The van der Waals surface area contributed by atoms with Gasteiger partial charge in [0.1, 0.15) is 33.5 Å². The Hall–Kier alpha value is -17.0. The molecule has 3 aromatic heterocycles. The second-order valence-corrected chi connectivity index (χ2v) is 33.8. The number of rotatable bonds is 9. The van der Waals surface area contributed by atoms with Gasteiger partial charge in [-0.3, -0.25) is 0 Å². The molecule has 27 rings (SSSR count). The maximum atomic E-state index is 6.18. The van der Waals surface area contributed by atoms with Crippen molar-refractivity contribution in [2.45, 2.75) is 0 Å². The molecule has 0 amide bonds. The van der Waals surface area contributed by atoms with Crippen molar-refractivity contribution in [1.29, 1.82) is 0 Å². The normalized spacial score (nSPS) is 11.7. The Morgan fingerprint density at radius 2 is 0.349 bits per heavy atom. The van der Waals surface area contributed by atoms with Gasteiger partial charge < -0.3 is 13.3 Å². The second-order valence-electron chi connectivity index (χ2n) is 33.8. The molecule has 0 saturated heterocycles. The predicted molar refractivity (Wildman–Crippen MR) is 548 cm³/mol. The molecule has 27 aromatic rings. The molecular weight excluding hydrogens is 1560 g/mol. The molecule has 0 atom stereocenters. The van der Waals surface area contributed by atoms with E-state index < -0.39 is 0 Å². The summed E-state index contributed by atoms with van der Waals surface area (Å²) in [6.07, 6.45) is 0. The van der Waals surface area contributed by atoms with Crippen molar-refractivity contribution >= 4 is 163 Å². The van der Waals surface area contributed by atoms with E-state index in [1.54, 1.807) is 0 Å². The van der Waals surface area contributed by atoms with Crippen LogP contribution in [0.15, 0.2) is 486 Å². The van der Waals surface area contributed by atoms with Crippen LogP contribution in [-0.2, 0) is 0 Å². The van der Waals surface area contributed by atoms with Crippen molar-refractivity contribution in [2.24, 2.45) is 0 Å². The molecule has 0 saturated carbocycles. The maximum Gasteiger partial charge on any atom is 0.135 e. The summed E-state index contributed by atoms with van der Waals surface area (Å²) < 4.78 is 18.5. The Morgan fingerprint density at radius 3 is 0.767 bits per heavy atom. The van der Waals surface area contributed by atoms with Gasteiger partial charge in [-0.1, -0.05) is 400 Å². The molecule has 0 aliphatic heterocycles. The van der Waals surface area contributed by atoms with Crippen LogP contribution in [-0.4, -0.2) is 0 Å². The minimum absolute atomic E-state index is 0.916. The lowest BCUT2D eigenvalue weighted by molar-refractivity contribution is 0.668. The van der Waals surface area contributed by atoms with Gasteiger partial charge in [0, 0.05) is 32.3 Å². The molecular formula is C126H78O3. The Labute approximate surface area is 744 Å². The molecule has 3 nitrogen and oxygen atoms in total. The van der Waals surface area contributed by atoms with E-state index in [4.69, 9.17) is 13.3 Å². The van der Waals surface area contributed by atoms with Crippen LogP contribution in [0, 0.1) is 0 Å². The van der Waals surface area contributed by atoms with Crippen molar-refractivity contribution in [3.8, 4) is 100 Å². The summed E-state index contributed by atoms with van der Waals surface area (Å²) in [5, 5.41) is 29.5. The second kappa shape index (κ2) is 31.1. The van der Waals surface area contributed by atoms with Gasteiger partial charge in [-0.2, -0.15) is 0 Å². The topological polar surface area (TPSA) is 39.4 Å². The minimum Gasteiger partial charge on any atom is -0.456 e. The molecule has 3 heteroatoms. The fourth-order valence-electron chi connectivity index (χ4n) is 20.7. The molecule has 0 unspecified atom stereocenters. The first kappa shape index (κ1) is 74.6. The summed E-state index contributed by atoms with van der Waals surface area (Å²) in [6, 6.07) is 171. The zero-order valence-electron chi connectivity index (χ0n) is 70.3. The molecule has 129 heavy (non-hydrogen) atoms. The van der Waals surface area contributed by atoms with Crippen LogP contribution in [0.1, 0.15) is 0 Å². The van der Waals surface area contributed by atoms with Crippen LogP contribution in [0.5, 0.6) is 0 Å². The largest absolute Gasteiger partial charge is 0.456 e. The van der Waals surface area contributed by atoms with Crippen LogP contribution in [0.4, 0.5) is 0 Å². The van der Waals surface area contributed by atoms with E-state index in [-0.39, 0.29) is 0 Å². The lowest BCUT2D eigenvalue weighted by Crippen LogP contribution is -1.92. The highest BCUT2D eigenvalue weighted by Gasteiger charge is 2.25. The summed E-state index contributed by atoms with van der Waals surface area (Å²) in [5.74, 6) is 0. The zero-order valence-corrected chi connectivity index (χ0v) is 70.3. The molecule has 0 aliphatic carbocycles. The van der Waals surface area contributed by atoms with Crippen LogP contribution < -0.4 is 0 Å². The Morgan fingerprint density at radius 1 is 0.101 bits per heavy atom. The van der Waals surface area contributed by atoms with Gasteiger partial charge in [0.25, 0.3) is 0 Å². The van der Waals surface area contributed by atoms with Gasteiger partial charge in [-0.15, -0.1) is 0 Å². The molecule has 0 bridgehead atoms. The summed E-state index contributed by atoms with van der Waals surface area (Å²) in [6.45, 7) is 0. The number of benzene rings is 24. The molecule has 0 spiro atoms. The third-order valence-electron chi connectivity index (χ3n) is 26.6. The third-order valence-corrected chi connectivity index (χ3v) is 26.6. The highest BCUT2D eigenvalue weighted by atomic mass is 16.3. The van der Waals surface area contributed by atoms with E-state index >= 15 is 0 Å². The first-order valence-corrected chi connectivity index (χ1v) is 44.3. The Bertz CT molecular complexity index is 9040. The molecule has 24 aromatic carbocycles. The Balaban J connectivity index is 0.000000105. The van der Waals surface area contributed by atoms with Crippen molar-refractivity contribution in [3.05, 3.63) is 473 Å². The molecule has 0 N–H and O–H groups in total. The smallest absolute Gasteiger partial charge is 0.135 e. The number of hydrogen-bond donors (Lipinski definition) is 0. The van der Waals surface area contributed by atoms with Crippen LogP contribution in [0.2, 0.25) is 0 Å². The van der Waals surface area contributed by atoms with Gasteiger partial charge in [-0.25, -0.2) is 0 Å². The van der Waals surface area contributed by atoms with Gasteiger partial charge in [0.05, 0.1) is 0 Å². The highest BCUT2D eigenvalue weighted by Crippen LogP contribution is 2.51. The van der Waals surface area contributed by atoms with Gasteiger partial charge in [-0.05, 0) is 270 Å². The summed E-state index contributed by atoms with van der Waals surface area (Å²) in [4.78, 5) is 0. The van der Waals surface area contributed by atoms with Crippen molar-refractivity contribution in [2.75, 3.05) is 0 Å². The fourth-order valence-corrected chi connectivity index (χ4v) is 20.7. The number of para-hydroxylation sites is 3. The van der Waals surface area contributed by atoms with Gasteiger partial charge in [0.15, 0.2) is 0 Å². The quantitative estimate of drug-likeness (QED) is 0.135. The summed E-state index contributed by atoms with van der Waals surface area (Å²) in [5.41, 5.74) is 27.8. The third kappa shape index (κ3) is 12.8. The number of hydrogen-bond acceptors (Lipinski definition) is 3. The molecule has 0 radical (unpaired) electrons. The summed E-state index contributed by atoms with van der Waals surface area (Å²) >= 11 is 0. The molecule has 0 aliphatic rings. The van der Waals surface area contributed by atoms with Crippen molar-refractivity contribution < 1.29 is 13.3 Å². The van der Waals surface area contributed by atoms with Crippen LogP contribution in [0.25, 0.3) is 263 Å². The van der Waals surface area contributed by atoms with E-state index in [0.29, 0.717) is 0 Å². The highest BCUT2D eigenvalue weighted by molar-refractivity contribution is 6.27. The number of fused-ring (bicyclic) bond motifs is 18. The van der Waals surface area contributed by atoms with Gasteiger partial charge in [0.2, 0.25) is 0 Å². The van der Waals surface area contributed by atoms with E-state index in [0.717, 1.165) is 65.8 Å². The van der Waals surface area contributed by atoms with Crippen LogP contribution in [0.3, 0.4) is 0 Å². The van der Waals surface area contributed by atoms with E-state index in [9.17, 15) is 0 Å². The van der Waals surface area contributed by atoms with E-state index in [1.807, 2.05) is 36.4 Å². The summed E-state index contributed by atoms with van der Waals surface area (Å²) in [7, 11) is 0. The molecule has 600 valence electrons. The lowest BCUT2D eigenvalue weighted by Gasteiger charge is -2.20. The Kier molecular flexibility index (Phi) is 18.0. The van der Waals surface area contributed by atoms with Crippen molar-refractivity contribution in [1.82, 2.24) is 0 Å². The first-order valence-electron chi connectivity index (χ1n) is 44.3. The average molecular weight is 1640 g/mol. The predicted octanol–water partition coefficient (Wildman–Crippen LogP) is 36.1. The average Bonchev–Trinajstić information content (AvgIpc) is 1.51. The molecule has 3 heterocycles. The molecule has 0 fully saturated rings. The SMILES string of the molecule is c1cc(-c2ccc3ccccc3c2)cc(-c2c3ccccc3c(-c3ccc4oc5ccccc5c4c3)c3ccccc23)c1.c1ccc(-c2c3ccccc3c(-c3ccc4oc5ccccc5c4c3)c3ccccc23)c(-c2ccc3ccccc3c2)c1.c1ccc2c(-c3ccc(-c4c5ccccc5c(-c5ccc6oc7ccccc7c6c5)c5ccccc45)cc3)cccc2c1. The number of furan rings is 3. The standard InChI is InChI=1S/3C42H26O/c1-2-12-31-27(10-1)11-9-18-32(31)28-20-22-29(23-21-28)41-34-14-3-5-16-36(34)42(37-17-6-4-15-35(37)41)30-24-25-40-38(26-30)33-13-7-8-19-39(33)43-40;1-2-11-28-24-30(21-20-27(28)10-1)29-12-9-13-31(25-29)41-34-15-3-5-17-36(34)42(37-18-6-4-16-35(37)41)32-22-23-40-38(26-32)33-14-7-8-19-39(33)43-40;1-2-12-28-25-29(22-21-27(28)11-1)31-13-3-4-15-33(31)42-36-18-7-5-16-34(36)41(35-17-6-8-19-37(35)42)30-23-24-40-38(26-30)32-14-9-10-20-39(32)43-40/h3*1-26H. The lowest BCUT2D eigenvalue weighted by atomic mass is 9.83. The van der Waals surface area contributed by atoms with E-state index in [1.165, 1.54) is 197 Å². The maximum absolute atomic E-state index is 6.18.